The average Bonchev–Trinajstić information content (AvgIpc) is 2.39. The van der Waals surface area contributed by atoms with E-state index in [1.807, 2.05) is 35.0 Å². The summed E-state index contributed by atoms with van der Waals surface area (Å²) in [6.45, 7) is 1.16. The van der Waals surface area contributed by atoms with Gasteiger partial charge in [0.05, 0.1) is 0 Å². The zero-order chi connectivity index (χ0) is 13.7. The molecule has 4 nitrogen and oxygen atoms in total. The topological polar surface area (TPSA) is 56.2 Å². The number of hydrogen-bond donors (Lipinski definition) is 1. The Labute approximate surface area is 132 Å². The zero-order valence-corrected chi connectivity index (χ0v) is 13.0. The van der Waals surface area contributed by atoms with Crippen molar-refractivity contribution < 1.29 is 26.5 Å². The van der Waals surface area contributed by atoms with E-state index < -0.39 is 5.91 Å². The van der Waals surface area contributed by atoms with Gasteiger partial charge in [-0.1, -0.05) is 22.0 Å². The second-order valence-electron chi connectivity index (χ2n) is 4.00. The maximum absolute atomic E-state index is 11.1. The molecule has 1 aromatic heterocycles. The van der Waals surface area contributed by atoms with Gasteiger partial charge in [0.25, 0.3) is 5.91 Å². The molecule has 0 fully saturated rings. The van der Waals surface area contributed by atoms with Crippen molar-refractivity contribution in [1.82, 2.24) is 0 Å². The van der Waals surface area contributed by atoms with Gasteiger partial charge in [-0.15, -0.1) is 0 Å². The van der Waals surface area contributed by atoms with Crippen molar-refractivity contribution in [3.63, 3.8) is 0 Å². The lowest BCUT2D eigenvalue weighted by atomic mass is 10.3. The third-order valence-electron chi connectivity index (χ3n) is 2.56. The van der Waals surface area contributed by atoms with Crippen LogP contribution in [0.3, 0.4) is 0 Å². The molecule has 0 atom stereocenters. The van der Waals surface area contributed by atoms with E-state index in [0.29, 0.717) is 18.7 Å². The Balaban J connectivity index is 0.00000200. The van der Waals surface area contributed by atoms with Gasteiger partial charge in [0, 0.05) is 10.5 Å². The number of rotatable bonds is 5. The molecule has 0 spiro atoms. The molecule has 2 rings (SSSR count). The fourth-order valence-electron chi connectivity index (χ4n) is 1.63. The Morgan fingerprint density at radius 3 is 2.80 bits per heavy atom. The van der Waals surface area contributed by atoms with E-state index in [1.165, 1.54) is 0 Å². The number of pyridine rings is 1. The Bertz CT molecular complexity index is 593. The van der Waals surface area contributed by atoms with Crippen molar-refractivity contribution in [2.75, 3.05) is 6.61 Å². The first-order valence-electron chi connectivity index (χ1n) is 5.82. The molecular formula is C14H14BrClN2O2. The highest BCUT2D eigenvalue weighted by Crippen LogP contribution is 2.17. The van der Waals surface area contributed by atoms with E-state index in [9.17, 15) is 4.79 Å². The van der Waals surface area contributed by atoms with Crippen LogP contribution < -0.4 is 27.4 Å². The molecule has 0 bridgehead atoms. The molecule has 2 aromatic rings. The van der Waals surface area contributed by atoms with Crippen LogP contribution in [0.2, 0.25) is 0 Å². The largest absolute Gasteiger partial charge is 1.00 e. The van der Waals surface area contributed by atoms with E-state index in [4.69, 9.17) is 10.5 Å². The average molecular weight is 358 g/mol. The maximum Gasteiger partial charge on any atom is 0.254 e. The minimum Gasteiger partial charge on any atom is -1.00 e. The fraction of sp³-hybridized carbons (Fsp3) is 0.143. The standard InChI is InChI=1S/C14H13BrN2O2.ClH/c15-12-4-1-5-13(9-12)19-8-7-17-6-2-3-11(10-17)14(16)18;/h1-6,9-10H,7-8H2,(H-,16,18);1H. The number of aromatic nitrogens is 1. The predicted octanol–water partition coefficient (Wildman–Crippen LogP) is -1.08. The summed E-state index contributed by atoms with van der Waals surface area (Å²) in [7, 11) is 0. The van der Waals surface area contributed by atoms with Crippen LogP contribution in [0.15, 0.2) is 53.3 Å². The minimum absolute atomic E-state index is 0. The molecule has 0 unspecified atom stereocenters. The van der Waals surface area contributed by atoms with Gasteiger partial charge >= 0.3 is 0 Å². The SMILES string of the molecule is NC(=O)c1ccc[n+](CCOc2cccc(Br)c2)c1.[Cl-]. The van der Waals surface area contributed by atoms with Gasteiger partial charge < -0.3 is 22.9 Å². The van der Waals surface area contributed by atoms with Gasteiger partial charge in [-0.2, -0.15) is 0 Å². The monoisotopic (exact) mass is 356 g/mol. The molecule has 106 valence electrons. The smallest absolute Gasteiger partial charge is 0.254 e. The second-order valence-corrected chi connectivity index (χ2v) is 4.92. The van der Waals surface area contributed by atoms with E-state index in [1.54, 1.807) is 18.3 Å². The van der Waals surface area contributed by atoms with Gasteiger partial charge in [0.1, 0.15) is 17.9 Å². The molecule has 1 amide bonds. The number of primary amides is 1. The molecule has 1 aromatic carbocycles. The molecule has 6 heteroatoms. The molecule has 2 N–H and O–H groups in total. The highest BCUT2D eigenvalue weighted by molar-refractivity contribution is 9.10. The highest BCUT2D eigenvalue weighted by atomic mass is 79.9. The maximum atomic E-state index is 11.1. The first-order chi connectivity index (χ1) is 9.15. The summed E-state index contributed by atoms with van der Waals surface area (Å²) in [6, 6.07) is 11.1. The van der Waals surface area contributed by atoms with Gasteiger partial charge in [-0.05, 0) is 24.3 Å². The summed E-state index contributed by atoms with van der Waals surface area (Å²) in [4.78, 5) is 11.1. The van der Waals surface area contributed by atoms with E-state index in [-0.39, 0.29) is 12.4 Å². The van der Waals surface area contributed by atoms with Crippen molar-refractivity contribution in [2.24, 2.45) is 5.73 Å². The third kappa shape index (κ3) is 4.83. The lowest BCUT2D eigenvalue weighted by molar-refractivity contribution is -0.697. The number of nitrogens with zero attached hydrogens (tertiary/aromatic N) is 1. The fourth-order valence-corrected chi connectivity index (χ4v) is 2.01. The van der Waals surface area contributed by atoms with Crippen LogP contribution in [0.4, 0.5) is 0 Å². The van der Waals surface area contributed by atoms with E-state index >= 15 is 0 Å². The number of halogens is 2. The first-order valence-corrected chi connectivity index (χ1v) is 6.62. The lowest BCUT2D eigenvalue weighted by Gasteiger charge is -2.04. The highest BCUT2D eigenvalue weighted by Gasteiger charge is 2.07. The molecule has 0 radical (unpaired) electrons. The first kappa shape index (κ1) is 16.5. The number of amides is 1. The van der Waals surface area contributed by atoms with Crippen molar-refractivity contribution in [2.45, 2.75) is 6.54 Å². The molecule has 0 aliphatic carbocycles. The summed E-state index contributed by atoms with van der Waals surface area (Å²) in [5.41, 5.74) is 5.72. The number of ether oxygens (including phenoxy) is 1. The Morgan fingerprint density at radius 2 is 2.10 bits per heavy atom. The molecular weight excluding hydrogens is 344 g/mol. The lowest BCUT2D eigenvalue weighted by Crippen LogP contribution is -3.00. The summed E-state index contributed by atoms with van der Waals surface area (Å²) < 4.78 is 8.48. The van der Waals surface area contributed by atoms with Crippen LogP contribution in [0.5, 0.6) is 5.75 Å². The summed E-state index contributed by atoms with van der Waals surface area (Å²) >= 11 is 3.39. The van der Waals surface area contributed by atoms with Crippen LogP contribution in [0.25, 0.3) is 0 Å². The van der Waals surface area contributed by atoms with Crippen LogP contribution in [0.1, 0.15) is 10.4 Å². The minimum atomic E-state index is -0.428. The van der Waals surface area contributed by atoms with Gasteiger partial charge in [0.15, 0.2) is 18.9 Å². The van der Waals surface area contributed by atoms with Crippen molar-refractivity contribution in [1.29, 1.82) is 0 Å². The van der Waals surface area contributed by atoms with E-state index in [0.717, 1.165) is 10.2 Å². The third-order valence-corrected chi connectivity index (χ3v) is 3.05. The second kappa shape index (κ2) is 7.87. The Hall–Kier alpha value is -1.59. The number of nitrogens with two attached hydrogens (primary N) is 1. The number of hydrogen-bond acceptors (Lipinski definition) is 2. The van der Waals surface area contributed by atoms with Gasteiger partial charge in [-0.25, -0.2) is 4.57 Å². The van der Waals surface area contributed by atoms with Crippen molar-refractivity contribution in [3.8, 4) is 5.75 Å². The molecule has 0 aliphatic heterocycles. The van der Waals surface area contributed by atoms with Gasteiger partial charge in [0.2, 0.25) is 0 Å². The summed E-state index contributed by atoms with van der Waals surface area (Å²) in [6.07, 6.45) is 3.59. The number of benzene rings is 1. The predicted molar refractivity (Wildman–Crippen MR) is 74.8 cm³/mol. The van der Waals surface area contributed by atoms with Crippen LogP contribution >= 0.6 is 15.9 Å². The summed E-state index contributed by atoms with van der Waals surface area (Å²) in [5, 5.41) is 0. The van der Waals surface area contributed by atoms with Crippen molar-refractivity contribution >= 4 is 21.8 Å². The number of carbonyl (C=O) groups excluding carboxylic acids is 1. The number of carbonyl (C=O) groups is 1. The van der Waals surface area contributed by atoms with Crippen molar-refractivity contribution in [3.05, 3.63) is 58.8 Å². The summed E-state index contributed by atoms with van der Waals surface area (Å²) in [5.74, 6) is 0.378. The molecule has 0 saturated carbocycles. The van der Waals surface area contributed by atoms with Gasteiger partial charge in [-0.3, -0.25) is 4.79 Å². The van der Waals surface area contributed by atoms with E-state index in [2.05, 4.69) is 15.9 Å². The molecule has 20 heavy (non-hydrogen) atoms. The zero-order valence-electron chi connectivity index (χ0n) is 10.6. The van der Waals surface area contributed by atoms with Crippen LogP contribution in [0, 0.1) is 0 Å². The quantitative estimate of drug-likeness (QED) is 0.692. The van der Waals surface area contributed by atoms with Crippen LogP contribution in [-0.2, 0) is 6.54 Å². The molecule has 0 saturated heterocycles. The van der Waals surface area contributed by atoms with Crippen LogP contribution in [-0.4, -0.2) is 12.5 Å². The normalized spacial score (nSPS) is 9.65. The Morgan fingerprint density at radius 1 is 1.30 bits per heavy atom. The molecule has 1 heterocycles. The Kier molecular flexibility index (Phi) is 6.48. The molecule has 0 aliphatic rings.